The largest absolute Gasteiger partial charge is 0.495 e. The van der Waals surface area contributed by atoms with Crippen LogP contribution in [0.25, 0.3) is 0 Å². The summed E-state index contributed by atoms with van der Waals surface area (Å²) in [5, 5.41) is 0. The van der Waals surface area contributed by atoms with E-state index in [1.165, 1.54) is 12.5 Å². The monoisotopic (exact) mass is 557 g/mol. The molecule has 0 spiro atoms. The maximum Gasteiger partial charge on any atom is 0.303 e. The smallest absolute Gasteiger partial charge is 0.303 e. The number of carbonyl (C=O) groups is 2. The molecule has 0 saturated carbocycles. The summed E-state index contributed by atoms with van der Waals surface area (Å²) in [6.45, 7) is 7.28. The van der Waals surface area contributed by atoms with Crippen molar-refractivity contribution in [3.05, 3.63) is 54.1 Å². The second-order valence-electron chi connectivity index (χ2n) is 10.8. The third-order valence-corrected chi connectivity index (χ3v) is 9.44. The molecular formula is C29H39N3O6S. The van der Waals surface area contributed by atoms with Crippen molar-refractivity contribution in [2.45, 2.75) is 50.5 Å². The Balaban J connectivity index is 1.42. The molecule has 1 amide bonds. The quantitative estimate of drug-likeness (QED) is 0.460. The first-order valence-corrected chi connectivity index (χ1v) is 14.9. The molecule has 2 saturated heterocycles. The van der Waals surface area contributed by atoms with Crippen LogP contribution in [0.15, 0.2) is 53.4 Å². The van der Waals surface area contributed by atoms with Gasteiger partial charge in [-0.1, -0.05) is 30.3 Å². The van der Waals surface area contributed by atoms with Crippen molar-refractivity contribution in [2.75, 3.05) is 51.3 Å². The number of ether oxygens (including phenoxy) is 2. The summed E-state index contributed by atoms with van der Waals surface area (Å²) < 4.78 is 39.6. The molecule has 0 bridgehead atoms. The minimum atomic E-state index is -3.66. The molecule has 0 radical (unpaired) electrons. The summed E-state index contributed by atoms with van der Waals surface area (Å²) in [5.74, 6) is 0.289. The Bertz CT molecular complexity index is 1270. The van der Waals surface area contributed by atoms with Crippen LogP contribution in [0.5, 0.6) is 5.75 Å². The number of hydrogen-bond acceptors (Lipinski definition) is 7. The van der Waals surface area contributed by atoms with E-state index in [2.05, 4.69) is 12.1 Å². The molecule has 4 rings (SSSR count). The van der Waals surface area contributed by atoms with Crippen molar-refractivity contribution in [1.82, 2.24) is 9.21 Å². The second kappa shape index (κ2) is 12.0. The van der Waals surface area contributed by atoms with Crippen LogP contribution in [-0.4, -0.2) is 81.5 Å². The fraction of sp³-hybridized carbons (Fsp3) is 0.517. The van der Waals surface area contributed by atoms with E-state index in [9.17, 15) is 18.0 Å². The van der Waals surface area contributed by atoms with Gasteiger partial charge < -0.3 is 19.3 Å². The Labute approximate surface area is 231 Å². The average molecular weight is 558 g/mol. The highest BCUT2D eigenvalue weighted by atomic mass is 32.2. The number of amides is 1. The highest BCUT2D eigenvalue weighted by Gasteiger charge is 2.37. The highest BCUT2D eigenvalue weighted by Crippen LogP contribution is 2.34. The van der Waals surface area contributed by atoms with Crippen molar-refractivity contribution in [1.29, 1.82) is 0 Å². The van der Waals surface area contributed by atoms with E-state index < -0.39 is 21.6 Å². The van der Waals surface area contributed by atoms with Crippen molar-refractivity contribution in [3.8, 4) is 5.75 Å². The van der Waals surface area contributed by atoms with Gasteiger partial charge in [0.15, 0.2) is 5.60 Å². The maximum atomic E-state index is 13.6. The minimum Gasteiger partial charge on any atom is -0.495 e. The van der Waals surface area contributed by atoms with Crippen molar-refractivity contribution in [2.24, 2.45) is 5.92 Å². The van der Waals surface area contributed by atoms with E-state index >= 15 is 0 Å². The van der Waals surface area contributed by atoms with Gasteiger partial charge in [0, 0.05) is 46.2 Å². The number of esters is 1. The molecule has 0 N–H and O–H groups in total. The summed E-state index contributed by atoms with van der Waals surface area (Å²) in [7, 11) is -2.10. The Kier molecular flexibility index (Phi) is 8.86. The molecule has 2 aliphatic rings. The van der Waals surface area contributed by atoms with Gasteiger partial charge >= 0.3 is 5.97 Å². The number of anilines is 1. The molecule has 10 heteroatoms. The zero-order valence-corrected chi connectivity index (χ0v) is 24.1. The Morgan fingerprint density at radius 3 is 2.18 bits per heavy atom. The molecule has 2 aromatic rings. The molecule has 9 nitrogen and oxygen atoms in total. The van der Waals surface area contributed by atoms with Gasteiger partial charge in [-0.05, 0) is 62.8 Å². The molecular weight excluding hydrogens is 518 g/mol. The van der Waals surface area contributed by atoms with Crippen LogP contribution in [0, 0.1) is 5.92 Å². The second-order valence-corrected chi connectivity index (χ2v) is 12.7. The summed E-state index contributed by atoms with van der Waals surface area (Å²) in [4.78, 5) is 28.3. The Hall–Kier alpha value is -3.11. The lowest BCUT2D eigenvalue weighted by Crippen LogP contribution is -2.55. The normalized spacial score (nSPS) is 17.6. The number of hydrogen-bond donors (Lipinski definition) is 0. The number of methoxy groups -OCH3 is 1. The number of carbonyl (C=O) groups excluding carboxylic acids is 2. The van der Waals surface area contributed by atoms with Crippen LogP contribution in [0.1, 0.15) is 39.2 Å². The minimum absolute atomic E-state index is 0.245. The van der Waals surface area contributed by atoms with Gasteiger partial charge in [-0.15, -0.1) is 0 Å². The number of benzene rings is 2. The molecule has 2 fully saturated rings. The first-order chi connectivity index (χ1) is 18.5. The first-order valence-electron chi connectivity index (χ1n) is 13.5. The average Bonchev–Trinajstić information content (AvgIpc) is 2.92. The van der Waals surface area contributed by atoms with Gasteiger partial charge in [-0.2, -0.15) is 4.31 Å². The van der Waals surface area contributed by atoms with E-state index in [1.807, 2.05) is 23.1 Å². The molecule has 2 aliphatic heterocycles. The van der Waals surface area contributed by atoms with Crippen LogP contribution in [0.3, 0.4) is 0 Å². The van der Waals surface area contributed by atoms with Crippen LogP contribution in [0.2, 0.25) is 0 Å². The Morgan fingerprint density at radius 2 is 1.59 bits per heavy atom. The van der Waals surface area contributed by atoms with Crippen LogP contribution in [0.4, 0.5) is 5.69 Å². The van der Waals surface area contributed by atoms with Crippen molar-refractivity contribution >= 4 is 27.6 Å². The lowest BCUT2D eigenvalue weighted by atomic mass is 9.91. The zero-order valence-electron chi connectivity index (χ0n) is 23.3. The molecule has 0 aliphatic carbocycles. The highest BCUT2D eigenvalue weighted by molar-refractivity contribution is 7.89. The van der Waals surface area contributed by atoms with Crippen molar-refractivity contribution < 1.29 is 27.5 Å². The van der Waals surface area contributed by atoms with E-state index in [4.69, 9.17) is 9.47 Å². The summed E-state index contributed by atoms with van der Waals surface area (Å²) >= 11 is 0. The molecule has 39 heavy (non-hydrogen) atoms. The van der Waals surface area contributed by atoms with Gasteiger partial charge in [0.1, 0.15) is 5.75 Å². The molecule has 2 aromatic carbocycles. The first kappa shape index (κ1) is 28.9. The molecule has 212 valence electrons. The van der Waals surface area contributed by atoms with E-state index in [0.29, 0.717) is 56.6 Å². The summed E-state index contributed by atoms with van der Waals surface area (Å²) in [6, 6.07) is 15.3. The number of nitrogens with zero attached hydrogens (tertiary/aromatic N) is 3. The van der Waals surface area contributed by atoms with Gasteiger partial charge in [0.25, 0.3) is 5.91 Å². The topological polar surface area (TPSA) is 96.5 Å². The lowest BCUT2D eigenvalue weighted by molar-refractivity contribution is -0.168. The van der Waals surface area contributed by atoms with Crippen LogP contribution < -0.4 is 9.64 Å². The summed E-state index contributed by atoms with van der Waals surface area (Å²) in [5.41, 5.74) is 0.730. The number of rotatable bonds is 8. The molecule has 0 aromatic heterocycles. The Morgan fingerprint density at radius 1 is 0.949 bits per heavy atom. The number of piperazine rings is 1. The van der Waals surface area contributed by atoms with E-state index in [-0.39, 0.29) is 10.8 Å². The maximum absolute atomic E-state index is 13.6. The summed E-state index contributed by atoms with van der Waals surface area (Å²) in [6.07, 6.45) is 2.63. The fourth-order valence-corrected chi connectivity index (χ4v) is 6.95. The zero-order chi connectivity index (χ0) is 28.2. The van der Waals surface area contributed by atoms with Crippen molar-refractivity contribution in [3.63, 3.8) is 0 Å². The van der Waals surface area contributed by atoms with E-state index in [1.54, 1.807) is 48.4 Å². The predicted octanol–water partition coefficient (Wildman–Crippen LogP) is 3.33. The molecule has 0 unspecified atom stereocenters. The standard InChI is InChI=1S/C29H39N3O6S/c1-22(33)38-29(2,3)28(34)31-18-16-30(17-19-31)26-21-25(10-11-27(26)37-4)39(35,36)32-14-12-24(13-15-32)20-23-8-6-5-7-9-23/h5-11,21,24H,12-20H2,1-4H3. The van der Waals surface area contributed by atoms with E-state index in [0.717, 1.165) is 19.3 Å². The van der Waals surface area contributed by atoms with Gasteiger partial charge in [0.05, 0.1) is 17.7 Å². The van der Waals surface area contributed by atoms with Crippen LogP contribution in [-0.2, 0) is 30.8 Å². The number of sulfonamides is 1. The third kappa shape index (κ3) is 6.73. The lowest BCUT2D eigenvalue weighted by Gasteiger charge is -2.39. The van der Waals surface area contributed by atoms with Crippen LogP contribution >= 0.6 is 0 Å². The third-order valence-electron chi connectivity index (χ3n) is 7.55. The van der Waals surface area contributed by atoms with Gasteiger partial charge in [0.2, 0.25) is 10.0 Å². The van der Waals surface area contributed by atoms with Gasteiger partial charge in [-0.25, -0.2) is 8.42 Å². The number of piperidine rings is 1. The van der Waals surface area contributed by atoms with Gasteiger partial charge in [-0.3, -0.25) is 9.59 Å². The molecule has 2 heterocycles. The SMILES string of the molecule is COc1ccc(S(=O)(=O)N2CCC(Cc3ccccc3)CC2)cc1N1CCN(C(=O)C(C)(C)OC(C)=O)CC1. The molecule has 0 atom stereocenters. The predicted molar refractivity (Wildman–Crippen MR) is 149 cm³/mol. The fourth-order valence-electron chi connectivity index (χ4n) is 5.46.